The number of sulfonamides is 1. The van der Waals surface area contributed by atoms with Crippen LogP contribution in [0.25, 0.3) is 0 Å². The van der Waals surface area contributed by atoms with E-state index in [0.717, 1.165) is 35.2 Å². The normalized spacial score (nSPS) is 23.5. The molecule has 1 saturated heterocycles. The molecule has 2 unspecified atom stereocenters. The Labute approximate surface area is 150 Å². The topological polar surface area (TPSA) is 46.6 Å². The molecule has 0 N–H and O–H groups in total. The molecule has 2 heterocycles. The van der Waals surface area contributed by atoms with Gasteiger partial charge in [-0.2, -0.15) is 0 Å². The van der Waals surface area contributed by atoms with Crippen LogP contribution >= 0.6 is 15.9 Å². The summed E-state index contributed by atoms with van der Waals surface area (Å²) in [5.74, 6) is 0.194. The van der Waals surface area contributed by atoms with Gasteiger partial charge in [0.05, 0.1) is 16.7 Å². The maximum absolute atomic E-state index is 13.2. The fourth-order valence-electron chi connectivity index (χ4n) is 3.61. The Balaban J connectivity index is 1.85. The summed E-state index contributed by atoms with van der Waals surface area (Å²) in [5.41, 5.74) is 1.69. The number of fused-ring (bicyclic) bond motifs is 3. The number of ether oxygens (including phenoxy) is 1. The summed E-state index contributed by atoms with van der Waals surface area (Å²) in [7, 11) is -3.58. The maximum Gasteiger partial charge on any atom is 0.264 e. The zero-order valence-electron chi connectivity index (χ0n) is 13.1. The van der Waals surface area contributed by atoms with Crippen molar-refractivity contribution in [2.75, 3.05) is 17.5 Å². The van der Waals surface area contributed by atoms with E-state index < -0.39 is 10.0 Å². The summed E-state index contributed by atoms with van der Waals surface area (Å²) in [4.78, 5) is 0.328. The van der Waals surface area contributed by atoms with Crippen LogP contribution < -0.4 is 4.31 Å². The third-order valence-electron chi connectivity index (χ3n) is 4.74. The van der Waals surface area contributed by atoms with Gasteiger partial charge in [-0.3, -0.25) is 4.31 Å². The van der Waals surface area contributed by atoms with Crippen LogP contribution in [0.2, 0.25) is 0 Å². The van der Waals surface area contributed by atoms with Crippen molar-refractivity contribution in [1.29, 1.82) is 0 Å². The second-order valence-electron chi connectivity index (χ2n) is 6.25. The Morgan fingerprint density at radius 1 is 1.12 bits per heavy atom. The summed E-state index contributed by atoms with van der Waals surface area (Å²) >= 11 is 3.50. The smallest absolute Gasteiger partial charge is 0.264 e. The molecular formula is C18H18BrNO3S. The Bertz CT molecular complexity index is 854. The summed E-state index contributed by atoms with van der Waals surface area (Å²) in [5, 5.41) is 0. The van der Waals surface area contributed by atoms with Gasteiger partial charge >= 0.3 is 0 Å². The van der Waals surface area contributed by atoms with Crippen molar-refractivity contribution in [1.82, 2.24) is 0 Å². The number of benzene rings is 2. The van der Waals surface area contributed by atoms with Gasteiger partial charge in [-0.25, -0.2) is 8.42 Å². The molecule has 0 aromatic heterocycles. The second-order valence-corrected chi connectivity index (χ2v) is 9.02. The van der Waals surface area contributed by atoms with E-state index in [2.05, 4.69) is 15.9 Å². The van der Waals surface area contributed by atoms with Gasteiger partial charge in [0.25, 0.3) is 10.0 Å². The van der Waals surface area contributed by atoms with E-state index in [1.54, 1.807) is 28.6 Å². The molecule has 2 atom stereocenters. The van der Waals surface area contributed by atoms with Crippen LogP contribution in [0.15, 0.2) is 57.9 Å². The van der Waals surface area contributed by atoms with E-state index >= 15 is 0 Å². The third kappa shape index (κ3) is 2.66. The highest BCUT2D eigenvalue weighted by Crippen LogP contribution is 2.46. The molecule has 2 aliphatic rings. The van der Waals surface area contributed by atoms with Gasteiger partial charge in [-0.15, -0.1) is 0 Å². The van der Waals surface area contributed by atoms with Crippen molar-refractivity contribution in [2.24, 2.45) is 5.92 Å². The van der Waals surface area contributed by atoms with Crippen LogP contribution in [-0.2, 0) is 14.8 Å². The first-order chi connectivity index (χ1) is 11.6. The molecule has 0 spiro atoms. The number of rotatable bonds is 2. The highest BCUT2D eigenvalue weighted by Gasteiger charge is 2.40. The lowest BCUT2D eigenvalue weighted by atomic mass is 9.86. The molecule has 2 aliphatic heterocycles. The lowest BCUT2D eigenvalue weighted by molar-refractivity contribution is -0.0277. The summed E-state index contributed by atoms with van der Waals surface area (Å²) in [6, 6.07) is 14.4. The van der Waals surface area contributed by atoms with Crippen LogP contribution in [0.1, 0.15) is 24.5 Å². The molecule has 4 nitrogen and oxygen atoms in total. The third-order valence-corrected chi connectivity index (χ3v) is 7.03. The quantitative estimate of drug-likeness (QED) is 0.751. The minimum absolute atomic E-state index is 0.0199. The Morgan fingerprint density at radius 3 is 2.71 bits per heavy atom. The van der Waals surface area contributed by atoms with E-state index in [1.165, 1.54) is 0 Å². The lowest BCUT2D eigenvalue weighted by Crippen LogP contribution is -2.43. The van der Waals surface area contributed by atoms with Crippen molar-refractivity contribution >= 4 is 31.6 Å². The van der Waals surface area contributed by atoms with E-state index in [9.17, 15) is 8.42 Å². The molecule has 1 fully saturated rings. The fraction of sp³-hybridized carbons (Fsp3) is 0.333. The molecule has 0 bridgehead atoms. The van der Waals surface area contributed by atoms with Crippen molar-refractivity contribution in [3.8, 4) is 0 Å². The molecule has 0 radical (unpaired) electrons. The highest BCUT2D eigenvalue weighted by atomic mass is 79.9. The molecule has 6 heteroatoms. The zero-order chi connectivity index (χ0) is 16.7. The number of hydrogen-bond acceptors (Lipinski definition) is 3. The molecular weight excluding hydrogens is 390 g/mol. The van der Waals surface area contributed by atoms with Gasteiger partial charge in [-0.1, -0.05) is 34.1 Å². The number of hydrogen-bond donors (Lipinski definition) is 0. The molecule has 24 heavy (non-hydrogen) atoms. The minimum atomic E-state index is -3.58. The highest BCUT2D eigenvalue weighted by molar-refractivity contribution is 9.10. The maximum atomic E-state index is 13.2. The summed E-state index contributed by atoms with van der Waals surface area (Å²) in [6.07, 6.45) is 1.94. The predicted octanol–water partition coefficient (Wildman–Crippen LogP) is 4.13. The van der Waals surface area contributed by atoms with Crippen molar-refractivity contribution in [3.63, 3.8) is 0 Å². The first kappa shape index (κ1) is 16.1. The predicted molar refractivity (Wildman–Crippen MR) is 96.5 cm³/mol. The van der Waals surface area contributed by atoms with Gasteiger partial charge in [-0.05, 0) is 43.2 Å². The van der Waals surface area contributed by atoms with Gasteiger partial charge < -0.3 is 4.74 Å². The molecule has 0 aliphatic carbocycles. The first-order valence-corrected chi connectivity index (χ1v) is 10.3. The minimum Gasteiger partial charge on any atom is -0.373 e. The van der Waals surface area contributed by atoms with Crippen molar-refractivity contribution in [3.05, 3.63) is 58.6 Å². The number of anilines is 1. The first-order valence-electron chi connectivity index (χ1n) is 8.06. The average Bonchev–Trinajstić information content (AvgIpc) is 2.61. The second kappa shape index (κ2) is 6.17. The molecule has 2 aromatic rings. The van der Waals surface area contributed by atoms with E-state index in [0.29, 0.717) is 11.4 Å². The monoisotopic (exact) mass is 407 g/mol. The van der Waals surface area contributed by atoms with Gasteiger partial charge in [0, 0.05) is 29.1 Å². The fourth-order valence-corrected chi connectivity index (χ4v) is 5.56. The SMILES string of the molecule is O=S(=O)(c1ccccc1)N1CC2CCCOC2c2cc(Br)ccc21. The van der Waals surface area contributed by atoms with E-state index in [-0.39, 0.29) is 12.0 Å². The van der Waals surface area contributed by atoms with Crippen molar-refractivity contribution in [2.45, 2.75) is 23.8 Å². The molecule has 2 aromatic carbocycles. The van der Waals surface area contributed by atoms with Crippen LogP contribution in [0.4, 0.5) is 5.69 Å². The Hall–Kier alpha value is -1.37. The molecule has 0 saturated carbocycles. The Kier molecular flexibility index (Phi) is 4.14. The van der Waals surface area contributed by atoms with Crippen LogP contribution in [0, 0.1) is 5.92 Å². The van der Waals surface area contributed by atoms with Gasteiger partial charge in [0.2, 0.25) is 0 Å². The van der Waals surface area contributed by atoms with E-state index in [1.807, 2.05) is 24.3 Å². The lowest BCUT2D eigenvalue weighted by Gasteiger charge is -2.42. The molecule has 126 valence electrons. The van der Waals surface area contributed by atoms with Gasteiger partial charge in [0.1, 0.15) is 0 Å². The standard InChI is InChI=1S/C18H18BrNO3S/c19-14-8-9-17-16(11-14)18-13(5-4-10-23-18)12-20(17)24(21,22)15-6-2-1-3-7-15/h1-3,6-9,11,13,18H,4-5,10,12H2. The number of halogens is 1. The van der Waals surface area contributed by atoms with Crippen LogP contribution in [0.3, 0.4) is 0 Å². The van der Waals surface area contributed by atoms with E-state index in [4.69, 9.17) is 4.74 Å². The Morgan fingerprint density at radius 2 is 1.92 bits per heavy atom. The average molecular weight is 408 g/mol. The number of nitrogens with zero attached hydrogens (tertiary/aromatic N) is 1. The zero-order valence-corrected chi connectivity index (χ0v) is 15.5. The van der Waals surface area contributed by atoms with Crippen LogP contribution in [0.5, 0.6) is 0 Å². The summed E-state index contributed by atoms with van der Waals surface area (Å²) in [6.45, 7) is 1.20. The molecule has 0 amide bonds. The van der Waals surface area contributed by atoms with Crippen molar-refractivity contribution < 1.29 is 13.2 Å². The summed E-state index contributed by atoms with van der Waals surface area (Å²) < 4.78 is 34.8. The van der Waals surface area contributed by atoms with Crippen LogP contribution in [-0.4, -0.2) is 21.6 Å². The molecule has 4 rings (SSSR count). The largest absolute Gasteiger partial charge is 0.373 e. The van der Waals surface area contributed by atoms with Gasteiger partial charge in [0.15, 0.2) is 0 Å².